The van der Waals surface area contributed by atoms with Crippen LogP contribution in [0.3, 0.4) is 0 Å². The molecule has 0 aromatic carbocycles. The Bertz CT molecular complexity index is 72.7. The third kappa shape index (κ3) is 5.30. The van der Waals surface area contributed by atoms with Crippen molar-refractivity contribution in [2.24, 2.45) is 0 Å². The number of rotatable bonds is 5. The van der Waals surface area contributed by atoms with Gasteiger partial charge in [0.05, 0.1) is 12.7 Å². The highest BCUT2D eigenvalue weighted by molar-refractivity contribution is 5.36. The van der Waals surface area contributed by atoms with Crippen molar-refractivity contribution in [3.8, 4) is 0 Å². The molecule has 0 bridgehead atoms. The SMILES string of the molecule is COC(C)CCOC=O. The van der Waals surface area contributed by atoms with Gasteiger partial charge >= 0.3 is 0 Å². The molecule has 1 unspecified atom stereocenters. The highest BCUT2D eigenvalue weighted by Gasteiger charge is 1.96. The molecule has 0 aromatic heterocycles. The van der Waals surface area contributed by atoms with Gasteiger partial charge in [0, 0.05) is 13.5 Å². The first-order valence-corrected chi connectivity index (χ1v) is 2.89. The molecule has 0 saturated carbocycles. The molecule has 0 rings (SSSR count). The molecule has 0 amide bonds. The van der Waals surface area contributed by atoms with Gasteiger partial charge in [-0.2, -0.15) is 0 Å². The standard InChI is InChI=1S/C6H12O3/c1-6(8-2)3-4-9-5-7/h5-6H,3-4H2,1-2H3. The number of carbonyl (C=O) groups is 1. The summed E-state index contributed by atoms with van der Waals surface area (Å²) in [5, 5.41) is 0. The van der Waals surface area contributed by atoms with Crippen LogP contribution in [0.15, 0.2) is 0 Å². The first-order chi connectivity index (χ1) is 4.31. The Kier molecular flexibility index (Phi) is 5.21. The minimum atomic E-state index is 0.171. The second kappa shape index (κ2) is 5.56. The van der Waals surface area contributed by atoms with Crippen LogP contribution in [0.25, 0.3) is 0 Å². The van der Waals surface area contributed by atoms with Crippen molar-refractivity contribution >= 4 is 6.47 Å². The van der Waals surface area contributed by atoms with Crippen molar-refractivity contribution in [1.82, 2.24) is 0 Å². The molecular weight excluding hydrogens is 120 g/mol. The molecule has 3 heteroatoms. The van der Waals surface area contributed by atoms with Gasteiger partial charge in [0.15, 0.2) is 0 Å². The van der Waals surface area contributed by atoms with Crippen LogP contribution in [0.4, 0.5) is 0 Å². The van der Waals surface area contributed by atoms with Gasteiger partial charge in [-0.05, 0) is 6.92 Å². The number of carbonyl (C=O) groups excluding carboxylic acids is 1. The number of hydrogen-bond donors (Lipinski definition) is 0. The zero-order valence-corrected chi connectivity index (χ0v) is 5.79. The maximum Gasteiger partial charge on any atom is 0.293 e. The van der Waals surface area contributed by atoms with Gasteiger partial charge < -0.3 is 9.47 Å². The second-order valence-corrected chi connectivity index (χ2v) is 1.80. The van der Waals surface area contributed by atoms with E-state index in [9.17, 15) is 4.79 Å². The van der Waals surface area contributed by atoms with Gasteiger partial charge in [0.2, 0.25) is 0 Å². The number of ether oxygens (including phenoxy) is 2. The summed E-state index contributed by atoms with van der Waals surface area (Å²) in [5.74, 6) is 0. The summed E-state index contributed by atoms with van der Waals surface area (Å²) in [7, 11) is 1.63. The zero-order chi connectivity index (χ0) is 7.11. The Morgan fingerprint density at radius 1 is 1.67 bits per heavy atom. The van der Waals surface area contributed by atoms with E-state index in [0.717, 1.165) is 6.42 Å². The second-order valence-electron chi connectivity index (χ2n) is 1.80. The molecule has 0 aliphatic carbocycles. The van der Waals surface area contributed by atoms with Crippen molar-refractivity contribution in [3.05, 3.63) is 0 Å². The van der Waals surface area contributed by atoms with Crippen molar-refractivity contribution in [3.63, 3.8) is 0 Å². The topological polar surface area (TPSA) is 35.5 Å². The zero-order valence-electron chi connectivity index (χ0n) is 5.79. The molecule has 0 radical (unpaired) electrons. The van der Waals surface area contributed by atoms with E-state index >= 15 is 0 Å². The van der Waals surface area contributed by atoms with Crippen LogP contribution in [0, 0.1) is 0 Å². The van der Waals surface area contributed by atoms with Gasteiger partial charge in [-0.3, -0.25) is 4.79 Å². The Labute approximate surface area is 55.0 Å². The highest BCUT2D eigenvalue weighted by atomic mass is 16.5. The fourth-order valence-corrected chi connectivity index (χ4v) is 0.400. The van der Waals surface area contributed by atoms with Gasteiger partial charge in [0.1, 0.15) is 0 Å². The van der Waals surface area contributed by atoms with Gasteiger partial charge in [-0.15, -0.1) is 0 Å². The predicted molar refractivity (Wildman–Crippen MR) is 33.1 cm³/mol. The Morgan fingerprint density at radius 2 is 2.33 bits per heavy atom. The smallest absolute Gasteiger partial charge is 0.293 e. The molecular formula is C6H12O3. The molecule has 0 aliphatic rings. The number of hydrogen-bond acceptors (Lipinski definition) is 3. The van der Waals surface area contributed by atoms with Crippen LogP contribution >= 0.6 is 0 Å². The van der Waals surface area contributed by atoms with Crippen LogP contribution in [0.1, 0.15) is 13.3 Å². The van der Waals surface area contributed by atoms with Gasteiger partial charge in [0.25, 0.3) is 6.47 Å². The van der Waals surface area contributed by atoms with Crippen molar-refractivity contribution in [1.29, 1.82) is 0 Å². The average molecular weight is 132 g/mol. The molecule has 0 saturated heterocycles. The first kappa shape index (κ1) is 8.43. The average Bonchev–Trinajstić information content (AvgIpc) is 1.89. The fourth-order valence-electron chi connectivity index (χ4n) is 0.400. The monoisotopic (exact) mass is 132 g/mol. The summed E-state index contributed by atoms with van der Waals surface area (Å²) in [6.45, 7) is 2.81. The highest BCUT2D eigenvalue weighted by Crippen LogP contribution is 1.93. The van der Waals surface area contributed by atoms with Crippen LogP contribution < -0.4 is 0 Å². The molecule has 3 nitrogen and oxygen atoms in total. The molecule has 9 heavy (non-hydrogen) atoms. The fraction of sp³-hybridized carbons (Fsp3) is 0.833. The Morgan fingerprint density at radius 3 is 2.78 bits per heavy atom. The van der Waals surface area contributed by atoms with E-state index in [1.54, 1.807) is 7.11 Å². The van der Waals surface area contributed by atoms with E-state index in [-0.39, 0.29) is 6.10 Å². The van der Waals surface area contributed by atoms with Gasteiger partial charge in [-0.1, -0.05) is 0 Å². The summed E-state index contributed by atoms with van der Waals surface area (Å²) < 4.78 is 9.35. The molecule has 0 heterocycles. The molecule has 0 N–H and O–H groups in total. The summed E-state index contributed by atoms with van der Waals surface area (Å²) in [4.78, 5) is 9.61. The molecule has 54 valence electrons. The largest absolute Gasteiger partial charge is 0.468 e. The Hall–Kier alpha value is -0.570. The van der Waals surface area contributed by atoms with E-state index in [1.807, 2.05) is 6.92 Å². The maximum absolute atomic E-state index is 9.61. The third-order valence-corrected chi connectivity index (χ3v) is 1.11. The first-order valence-electron chi connectivity index (χ1n) is 2.89. The number of methoxy groups -OCH3 is 1. The lowest BCUT2D eigenvalue weighted by Gasteiger charge is -2.06. The van der Waals surface area contributed by atoms with E-state index in [1.165, 1.54) is 0 Å². The van der Waals surface area contributed by atoms with E-state index in [0.29, 0.717) is 13.1 Å². The lowest BCUT2D eigenvalue weighted by molar-refractivity contribution is -0.129. The van der Waals surface area contributed by atoms with Crippen molar-refractivity contribution in [2.45, 2.75) is 19.4 Å². The quantitative estimate of drug-likeness (QED) is 0.405. The van der Waals surface area contributed by atoms with Gasteiger partial charge in [-0.25, -0.2) is 0 Å². The summed E-state index contributed by atoms with van der Waals surface area (Å²) in [6.07, 6.45) is 0.930. The van der Waals surface area contributed by atoms with E-state index < -0.39 is 0 Å². The summed E-state index contributed by atoms with van der Waals surface area (Å²) >= 11 is 0. The molecule has 0 spiro atoms. The van der Waals surface area contributed by atoms with E-state index in [4.69, 9.17) is 4.74 Å². The lowest BCUT2D eigenvalue weighted by atomic mass is 10.3. The van der Waals surface area contributed by atoms with Crippen LogP contribution in [-0.2, 0) is 14.3 Å². The van der Waals surface area contributed by atoms with Crippen LogP contribution in [0.2, 0.25) is 0 Å². The molecule has 1 atom stereocenters. The summed E-state index contributed by atoms with van der Waals surface area (Å²) in [6, 6.07) is 0. The molecule has 0 aromatic rings. The lowest BCUT2D eigenvalue weighted by Crippen LogP contribution is -2.08. The Balaban J connectivity index is 2.96. The molecule has 0 fully saturated rings. The normalized spacial score (nSPS) is 12.7. The minimum absolute atomic E-state index is 0.171. The predicted octanol–water partition coefficient (Wildman–Crippen LogP) is 0.584. The van der Waals surface area contributed by atoms with E-state index in [2.05, 4.69) is 4.74 Å². The minimum Gasteiger partial charge on any atom is -0.468 e. The van der Waals surface area contributed by atoms with Crippen molar-refractivity contribution < 1.29 is 14.3 Å². The van der Waals surface area contributed by atoms with Crippen molar-refractivity contribution in [2.75, 3.05) is 13.7 Å². The maximum atomic E-state index is 9.61. The summed E-state index contributed by atoms with van der Waals surface area (Å²) in [5.41, 5.74) is 0. The molecule has 0 aliphatic heterocycles. The van der Waals surface area contributed by atoms with Crippen LogP contribution in [0.5, 0.6) is 0 Å². The third-order valence-electron chi connectivity index (χ3n) is 1.11. The van der Waals surface area contributed by atoms with Crippen LogP contribution in [-0.4, -0.2) is 26.3 Å².